The van der Waals surface area contributed by atoms with Gasteiger partial charge in [-0.1, -0.05) is 18.2 Å². The fourth-order valence-electron chi connectivity index (χ4n) is 4.56. The van der Waals surface area contributed by atoms with Gasteiger partial charge >= 0.3 is 0 Å². The Kier molecular flexibility index (Phi) is 5.63. The van der Waals surface area contributed by atoms with E-state index in [1.54, 1.807) is 23.2 Å². The van der Waals surface area contributed by atoms with Crippen molar-refractivity contribution in [3.63, 3.8) is 0 Å². The molecular weight excluding hydrogens is 442 g/mol. The maximum absolute atomic E-state index is 13.1. The molecule has 0 bridgehead atoms. The van der Waals surface area contributed by atoms with E-state index in [0.29, 0.717) is 37.0 Å². The molecule has 1 unspecified atom stereocenters. The third-order valence-electron chi connectivity index (χ3n) is 6.44. The number of H-pyrrole nitrogens is 1. The molecule has 0 saturated carbocycles. The van der Waals surface area contributed by atoms with Crippen molar-refractivity contribution in [2.75, 3.05) is 31.5 Å². The summed E-state index contributed by atoms with van der Waals surface area (Å²) < 4.78 is 27.7. The Morgan fingerprint density at radius 3 is 2.70 bits per heavy atom. The number of fused-ring (bicyclic) bond motifs is 2. The van der Waals surface area contributed by atoms with E-state index in [2.05, 4.69) is 15.3 Å². The van der Waals surface area contributed by atoms with Crippen molar-refractivity contribution in [1.29, 1.82) is 0 Å². The summed E-state index contributed by atoms with van der Waals surface area (Å²) in [6.45, 7) is 1.13. The van der Waals surface area contributed by atoms with Gasteiger partial charge in [-0.25, -0.2) is 13.4 Å². The predicted molar refractivity (Wildman–Crippen MR) is 123 cm³/mol. The van der Waals surface area contributed by atoms with E-state index in [4.69, 9.17) is 0 Å². The lowest BCUT2D eigenvalue weighted by atomic mass is 9.89. The summed E-state index contributed by atoms with van der Waals surface area (Å²) in [6, 6.07) is 11.1. The molecule has 2 aliphatic rings. The summed E-state index contributed by atoms with van der Waals surface area (Å²) in [5.41, 5.74) is 2.45. The SMILES string of the molecule is O=C1Nc2ccccc2CC1CCC(=O)N1CCN(S(=O)(=O)c2c[nH]c3ncccc23)CC1. The van der Waals surface area contributed by atoms with E-state index in [-0.39, 0.29) is 42.1 Å². The van der Waals surface area contributed by atoms with Gasteiger partial charge in [0, 0.05) is 62.0 Å². The molecule has 0 radical (unpaired) electrons. The molecule has 3 aromatic rings. The highest BCUT2D eigenvalue weighted by molar-refractivity contribution is 7.89. The van der Waals surface area contributed by atoms with Crippen LogP contribution in [0.25, 0.3) is 11.0 Å². The van der Waals surface area contributed by atoms with Gasteiger partial charge in [0.05, 0.1) is 0 Å². The number of aromatic nitrogens is 2. The summed E-state index contributed by atoms with van der Waals surface area (Å²) >= 11 is 0. The normalized spacial score (nSPS) is 19.3. The van der Waals surface area contributed by atoms with Crippen LogP contribution in [-0.2, 0) is 26.0 Å². The summed E-state index contributed by atoms with van der Waals surface area (Å²) in [4.78, 5) is 34.1. The number of sulfonamides is 1. The third-order valence-corrected chi connectivity index (χ3v) is 8.38. The van der Waals surface area contributed by atoms with Crippen molar-refractivity contribution in [3.8, 4) is 0 Å². The predicted octanol–water partition coefficient (Wildman–Crippen LogP) is 1.99. The highest BCUT2D eigenvalue weighted by Gasteiger charge is 2.33. The molecule has 0 spiro atoms. The minimum atomic E-state index is -3.69. The second-order valence-electron chi connectivity index (χ2n) is 8.42. The molecule has 2 aliphatic heterocycles. The van der Waals surface area contributed by atoms with Gasteiger partial charge in [0.15, 0.2) is 0 Å². The first-order valence-corrected chi connectivity index (χ1v) is 12.5. The van der Waals surface area contributed by atoms with E-state index in [1.807, 2.05) is 24.3 Å². The van der Waals surface area contributed by atoms with Crippen LogP contribution in [0.4, 0.5) is 5.69 Å². The van der Waals surface area contributed by atoms with Crippen molar-refractivity contribution in [2.24, 2.45) is 5.92 Å². The lowest BCUT2D eigenvalue weighted by molar-refractivity contribution is -0.132. The number of anilines is 1. The minimum Gasteiger partial charge on any atom is -0.345 e. The third kappa shape index (κ3) is 4.11. The molecule has 5 rings (SSSR count). The molecular formula is C23H25N5O4S. The topological polar surface area (TPSA) is 115 Å². The van der Waals surface area contributed by atoms with E-state index < -0.39 is 10.0 Å². The number of amides is 2. The molecule has 2 aromatic heterocycles. The van der Waals surface area contributed by atoms with Crippen LogP contribution in [0.5, 0.6) is 0 Å². The fraction of sp³-hybridized carbons (Fsp3) is 0.348. The number of rotatable bonds is 5. The van der Waals surface area contributed by atoms with Crippen LogP contribution in [-0.4, -0.2) is 65.6 Å². The summed E-state index contributed by atoms with van der Waals surface area (Å²) in [5.74, 6) is -0.332. The number of nitrogens with zero attached hydrogens (tertiary/aromatic N) is 3. The van der Waals surface area contributed by atoms with Crippen LogP contribution in [0, 0.1) is 5.92 Å². The average molecular weight is 468 g/mol. The number of benzene rings is 1. The molecule has 10 heteroatoms. The van der Waals surface area contributed by atoms with E-state index in [1.165, 1.54) is 10.5 Å². The van der Waals surface area contributed by atoms with E-state index >= 15 is 0 Å². The lowest BCUT2D eigenvalue weighted by Gasteiger charge is -2.34. The smallest absolute Gasteiger partial charge is 0.245 e. The van der Waals surface area contributed by atoms with Crippen molar-refractivity contribution >= 4 is 38.6 Å². The van der Waals surface area contributed by atoms with Crippen LogP contribution in [0.1, 0.15) is 18.4 Å². The number of para-hydroxylation sites is 1. The molecule has 1 saturated heterocycles. The molecule has 0 aliphatic carbocycles. The van der Waals surface area contributed by atoms with Gasteiger partial charge in [0.25, 0.3) is 0 Å². The molecule has 4 heterocycles. The number of carbonyl (C=O) groups is 2. The van der Waals surface area contributed by atoms with Crippen molar-refractivity contribution in [2.45, 2.75) is 24.2 Å². The van der Waals surface area contributed by atoms with Gasteiger partial charge in [-0.15, -0.1) is 0 Å². The minimum absolute atomic E-state index is 0.0463. The molecule has 2 amide bonds. The number of nitrogens with one attached hydrogen (secondary N) is 2. The van der Waals surface area contributed by atoms with Gasteiger partial charge in [-0.2, -0.15) is 4.31 Å². The second-order valence-corrected chi connectivity index (χ2v) is 10.3. The Bertz CT molecular complexity index is 1310. The highest BCUT2D eigenvalue weighted by Crippen LogP contribution is 2.28. The lowest BCUT2D eigenvalue weighted by Crippen LogP contribution is -2.50. The number of carbonyl (C=O) groups excluding carboxylic acids is 2. The van der Waals surface area contributed by atoms with Crippen molar-refractivity contribution in [1.82, 2.24) is 19.2 Å². The molecule has 33 heavy (non-hydrogen) atoms. The summed E-state index contributed by atoms with van der Waals surface area (Å²) in [6.07, 6.45) is 4.44. The number of hydrogen-bond acceptors (Lipinski definition) is 5. The first-order chi connectivity index (χ1) is 15.9. The quantitative estimate of drug-likeness (QED) is 0.595. The maximum atomic E-state index is 13.1. The zero-order chi connectivity index (χ0) is 23.0. The zero-order valence-electron chi connectivity index (χ0n) is 18.0. The fourth-order valence-corrected chi connectivity index (χ4v) is 6.14. The van der Waals surface area contributed by atoms with E-state index in [9.17, 15) is 18.0 Å². The molecule has 9 nitrogen and oxygen atoms in total. The molecule has 1 atom stereocenters. The van der Waals surface area contributed by atoms with Gasteiger partial charge in [0.1, 0.15) is 10.5 Å². The number of pyridine rings is 1. The number of piperazine rings is 1. The van der Waals surface area contributed by atoms with Crippen LogP contribution in [0.3, 0.4) is 0 Å². The summed E-state index contributed by atoms with van der Waals surface area (Å²) in [7, 11) is -3.69. The average Bonchev–Trinajstić information content (AvgIpc) is 3.28. The molecule has 1 fully saturated rings. The van der Waals surface area contributed by atoms with Crippen LogP contribution < -0.4 is 5.32 Å². The molecule has 1 aromatic carbocycles. The van der Waals surface area contributed by atoms with Gasteiger partial charge in [-0.3, -0.25) is 9.59 Å². The standard InChI is InChI=1S/C23H25N5O4S/c29-21(8-7-17-14-16-4-1-2-6-19(16)26-23(17)30)27-10-12-28(13-11-27)33(31,32)20-15-25-22-18(20)5-3-9-24-22/h1-6,9,15,17H,7-8,10-14H2,(H,24,25)(H,26,30). The van der Waals surface area contributed by atoms with Gasteiger partial charge in [0.2, 0.25) is 21.8 Å². The van der Waals surface area contributed by atoms with Crippen LogP contribution in [0.15, 0.2) is 53.7 Å². The molecule has 2 N–H and O–H groups in total. The molecule has 172 valence electrons. The first kappa shape index (κ1) is 21.6. The van der Waals surface area contributed by atoms with Crippen LogP contribution in [0.2, 0.25) is 0 Å². The zero-order valence-corrected chi connectivity index (χ0v) is 18.8. The Morgan fingerprint density at radius 2 is 1.88 bits per heavy atom. The Balaban J connectivity index is 1.17. The van der Waals surface area contributed by atoms with Crippen molar-refractivity contribution < 1.29 is 18.0 Å². The van der Waals surface area contributed by atoms with E-state index in [0.717, 1.165) is 11.3 Å². The Morgan fingerprint density at radius 1 is 1.09 bits per heavy atom. The first-order valence-electron chi connectivity index (χ1n) is 11.0. The number of hydrogen-bond donors (Lipinski definition) is 2. The van der Waals surface area contributed by atoms with Gasteiger partial charge in [-0.05, 0) is 36.6 Å². The van der Waals surface area contributed by atoms with Crippen LogP contribution >= 0.6 is 0 Å². The Hall–Kier alpha value is -3.24. The van der Waals surface area contributed by atoms with Crippen molar-refractivity contribution in [3.05, 3.63) is 54.4 Å². The second kappa shape index (κ2) is 8.60. The Labute approximate surface area is 191 Å². The largest absolute Gasteiger partial charge is 0.345 e. The summed E-state index contributed by atoms with van der Waals surface area (Å²) in [5, 5.41) is 3.48. The highest BCUT2D eigenvalue weighted by atomic mass is 32.2. The van der Waals surface area contributed by atoms with Gasteiger partial charge < -0.3 is 15.2 Å². The number of aromatic amines is 1. The maximum Gasteiger partial charge on any atom is 0.245 e. The monoisotopic (exact) mass is 467 g/mol.